The molecule has 0 saturated heterocycles. The van der Waals surface area contributed by atoms with Gasteiger partial charge in [-0.15, -0.1) is 31.7 Å². The number of halogens is 2. The normalized spacial score (nSPS) is 12.9. The number of carbonyl (C=O) groups excluding carboxylic acids is 2. The number of para-hydroxylation sites is 1. The molecule has 1 aliphatic rings. The molecule has 3 aromatic rings. The van der Waals surface area contributed by atoms with Crippen molar-refractivity contribution in [1.82, 2.24) is 0 Å². The van der Waals surface area contributed by atoms with Crippen LogP contribution in [0.5, 0.6) is 0 Å². The number of allylic oxidation sites excluding steroid dienone is 4. The Kier molecular flexibility index (Phi) is 13.9. The summed E-state index contributed by atoms with van der Waals surface area (Å²) in [6.45, 7) is 10.9. The number of hydrogen-bond acceptors (Lipinski definition) is 2. The summed E-state index contributed by atoms with van der Waals surface area (Å²) in [6, 6.07) is 23.4. The maximum absolute atomic E-state index is 12.7. The van der Waals surface area contributed by atoms with Crippen molar-refractivity contribution < 1.29 is 31.3 Å². The van der Waals surface area contributed by atoms with Crippen molar-refractivity contribution in [1.29, 1.82) is 0 Å². The van der Waals surface area contributed by atoms with E-state index in [1.165, 1.54) is 16.7 Å². The summed E-state index contributed by atoms with van der Waals surface area (Å²) in [7, 11) is 0. The molecular weight excluding hydrogens is 539 g/mol. The Morgan fingerprint density at radius 3 is 1.65 bits per heavy atom. The van der Waals surface area contributed by atoms with Crippen molar-refractivity contribution in [3.05, 3.63) is 113 Å². The number of nitrogens with two attached hydrogens (primary N) is 1. The fraction of sp³-hybridized carbons (Fsp3) is 0.200. The van der Waals surface area contributed by atoms with Crippen molar-refractivity contribution in [3.8, 4) is 11.1 Å². The van der Waals surface area contributed by atoms with Gasteiger partial charge in [0.05, 0.1) is 0 Å². The van der Waals surface area contributed by atoms with Gasteiger partial charge in [-0.3, -0.25) is 15.7 Å². The summed E-state index contributed by atoms with van der Waals surface area (Å²) in [5.74, 6) is -0.764. The van der Waals surface area contributed by atoms with Crippen LogP contribution in [0.3, 0.4) is 0 Å². The van der Waals surface area contributed by atoms with E-state index in [0.29, 0.717) is 27.9 Å². The molecule has 3 N–H and O–H groups in total. The molecule has 0 saturated carbocycles. The van der Waals surface area contributed by atoms with Crippen molar-refractivity contribution in [3.63, 3.8) is 0 Å². The molecule has 0 aliphatic heterocycles. The molecule has 0 aromatic heterocycles. The Balaban J connectivity index is 0.000000853. The predicted molar refractivity (Wildman–Crippen MR) is 154 cm³/mol. The van der Waals surface area contributed by atoms with Gasteiger partial charge in [-0.25, -0.2) is 5.57 Å². The molecule has 7 heteroatoms. The number of hydrogen-bond donors (Lipinski definition) is 2. The van der Waals surface area contributed by atoms with Crippen LogP contribution < -0.4 is 11.1 Å². The molecule has 0 radical (unpaired) electrons. The van der Waals surface area contributed by atoms with Crippen LogP contribution in [0.25, 0.3) is 11.1 Å². The van der Waals surface area contributed by atoms with Gasteiger partial charge < -0.3 is 11.1 Å². The van der Waals surface area contributed by atoms with Gasteiger partial charge in [0.25, 0.3) is 5.91 Å². The van der Waals surface area contributed by atoms with Gasteiger partial charge in [0.2, 0.25) is 5.91 Å². The zero-order chi connectivity index (χ0) is 24.9. The summed E-state index contributed by atoms with van der Waals surface area (Å²) in [5.41, 5.74) is 12.7. The minimum atomic E-state index is -0.524. The van der Waals surface area contributed by atoms with Gasteiger partial charge in [-0.05, 0) is 35.4 Å². The zero-order valence-electron chi connectivity index (χ0n) is 21.7. The molecular formula is C30H33Cl2N2O2Ti-. The smallest absolute Gasteiger partial charge is 0.256 e. The fourth-order valence-electron chi connectivity index (χ4n) is 3.97. The molecule has 0 fully saturated rings. The van der Waals surface area contributed by atoms with E-state index < -0.39 is 5.91 Å². The minimum absolute atomic E-state index is 0. The zero-order valence-corrected chi connectivity index (χ0v) is 24.9. The second-order valence-electron chi connectivity index (χ2n) is 8.90. The summed E-state index contributed by atoms with van der Waals surface area (Å²) in [4.78, 5) is 24.4. The average molecular weight is 572 g/mol. The Morgan fingerprint density at radius 2 is 1.22 bits per heavy atom. The van der Waals surface area contributed by atoms with Crippen LogP contribution in [-0.2, 0) is 21.7 Å². The van der Waals surface area contributed by atoms with E-state index in [4.69, 9.17) is 5.73 Å². The Labute approximate surface area is 247 Å². The van der Waals surface area contributed by atoms with Crippen LogP contribution in [0.1, 0.15) is 55.3 Å². The number of amides is 2. The molecule has 2 amide bonds. The fourth-order valence-corrected chi connectivity index (χ4v) is 3.97. The number of nitrogens with one attached hydrogen (secondary N) is 1. The number of anilines is 1. The molecule has 3 aromatic carbocycles. The molecule has 37 heavy (non-hydrogen) atoms. The standard InChI is InChI=1S/C20H16N2O2.C10H15.2ClH.Ti/c21-19(23)17-12-6-4-10-15(17)16-11-5-7-13-18(16)20(24)22-14-8-2-1-3-9-14;1-7-6-10(4,5)9(3)8(7)2;;;/h1-13H,(H2,21,23)(H,22,24);1-5H3;2*1H;/q;-1;;;. The molecule has 1 aliphatic carbocycles. The third-order valence-corrected chi connectivity index (χ3v) is 6.25. The van der Waals surface area contributed by atoms with Gasteiger partial charge in [0.15, 0.2) is 0 Å². The van der Waals surface area contributed by atoms with Crippen molar-refractivity contribution in [2.24, 2.45) is 11.1 Å². The van der Waals surface area contributed by atoms with Crippen molar-refractivity contribution in [2.45, 2.75) is 34.6 Å². The topological polar surface area (TPSA) is 72.2 Å². The van der Waals surface area contributed by atoms with Crippen LogP contribution in [0.2, 0.25) is 0 Å². The van der Waals surface area contributed by atoms with Gasteiger partial charge in [0, 0.05) is 38.5 Å². The molecule has 194 valence electrons. The molecule has 0 unspecified atom stereocenters. The monoisotopic (exact) mass is 571 g/mol. The van der Waals surface area contributed by atoms with Gasteiger partial charge >= 0.3 is 0 Å². The number of carbonyl (C=O) groups is 2. The van der Waals surface area contributed by atoms with E-state index in [1.54, 1.807) is 30.3 Å². The van der Waals surface area contributed by atoms with Crippen LogP contribution in [0, 0.1) is 11.5 Å². The molecule has 0 heterocycles. The number of primary amides is 1. The van der Waals surface area contributed by atoms with E-state index in [2.05, 4.69) is 46.0 Å². The van der Waals surface area contributed by atoms with Gasteiger partial charge in [-0.1, -0.05) is 87.7 Å². The van der Waals surface area contributed by atoms with Crippen LogP contribution in [-0.4, -0.2) is 11.8 Å². The maximum Gasteiger partial charge on any atom is 0.256 e. The Bertz CT molecular complexity index is 1290. The number of rotatable bonds is 4. The average Bonchev–Trinajstić information content (AvgIpc) is 3.01. The molecule has 0 atom stereocenters. The first-order chi connectivity index (χ1) is 16.1. The molecule has 4 rings (SSSR count). The van der Waals surface area contributed by atoms with E-state index in [-0.39, 0.29) is 57.9 Å². The first-order valence-corrected chi connectivity index (χ1v) is 11.3. The summed E-state index contributed by atoms with van der Waals surface area (Å²) in [5, 5.41) is 2.86. The third kappa shape index (κ3) is 8.44. The second-order valence-corrected chi connectivity index (χ2v) is 8.90. The van der Waals surface area contributed by atoms with Crippen LogP contribution >= 0.6 is 24.8 Å². The summed E-state index contributed by atoms with van der Waals surface area (Å²) in [6.07, 6.45) is 3.44. The molecule has 4 nitrogen and oxygen atoms in total. The maximum atomic E-state index is 12.7. The molecule has 0 spiro atoms. The first-order valence-electron chi connectivity index (χ1n) is 11.3. The molecule has 0 bridgehead atoms. The predicted octanol–water partition coefficient (Wildman–Crippen LogP) is 7.66. The quantitative estimate of drug-likeness (QED) is 0.249. The first kappa shape index (κ1) is 34.4. The van der Waals surface area contributed by atoms with Crippen LogP contribution in [0.15, 0.2) is 95.6 Å². The van der Waals surface area contributed by atoms with Crippen LogP contribution in [0.4, 0.5) is 5.69 Å². The Morgan fingerprint density at radius 1 is 0.757 bits per heavy atom. The minimum Gasteiger partial charge on any atom is -0.366 e. The van der Waals surface area contributed by atoms with Crippen molar-refractivity contribution in [2.75, 3.05) is 5.32 Å². The summed E-state index contributed by atoms with van der Waals surface area (Å²) >= 11 is 0. The van der Waals surface area contributed by atoms with E-state index in [9.17, 15) is 9.59 Å². The van der Waals surface area contributed by atoms with E-state index >= 15 is 0 Å². The van der Waals surface area contributed by atoms with Gasteiger partial charge in [0.1, 0.15) is 0 Å². The van der Waals surface area contributed by atoms with E-state index in [1.807, 2.05) is 48.5 Å². The second kappa shape index (κ2) is 14.9. The largest absolute Gasteiger partial charge is 0.366 e. The van der Waals surface area contributed by atoms with Crippen molar-refractivity contribution >= 4 is 42.3 Å². The Hall–Kier alpha value is -2.63. The number of benzene rings is 3. The third-order valence-electron chi connectivity index (χ3n) is 6.25. The summed E-state index contributed by atoms with van der Waals surface area (Å²) < 4.78 is 0. The SMILES string of the molecule is CC1=[C-]C(C)(C)C(C)=C1C.Cl.Cl.NC(=O)c1ccccc1-c1ccccc1C(=O)Nc1ccccc1.[Ti]. The van der Waals surface area contributed by atoms with E-state index in [0.717, 1.165) is 0 Å². The van der Waals surface area contributed by atoms with Gasteiger partial charge in [-0.2, -0.15) is 11.1 Å².